The van der Waals surface area contributed by atoms with E-state index in [1.54, 1.807) is 0 Å². The Hall–Kier alpha value is -0.960. The maximum absolute atomic E-state index is 13.4. The van der Waals surface area contributed by atoms with Crippen LogP contribution in [0.3, 0.4) is 0 Å². The summed E-state index contributed by atoms with van der Waals surface area (Å²) >= 11 is 0. The standard InChI is InChI=1S/C13H18F2N4.HI/c1-19-6-2-3-10(19)8-17-13(16)18-12-7-9(14)4-5-11(12)15;/h4-5,7,10H,2-3,6,8H2,1H3,(H3,16,17,18);1H. The fourth-order valence-electron chi connectivity index (χ4n) is 2.18. The van der Waals surface area contributed by atoms with Gasteiger partial charge in [0, 0.05) is 12.1 Å². The Bertz CT molecular complexity index is 481. The number of likely N-dealkylation sites (N-methyl/N-ethyl adjacent to an activating group) is 1. The highest BCUT2D eigenvalue weighted by Crippen LogP contribution is 2.16. The van der Waals surface area contributed by atoms with Crippen LogP contribution in [0, 0.1) is 11.6 Å². The SMILES string of the molecule is CN1CCCC1CN=C(N)Nc1cc(F)ccc1F.I. The second kappa shape index (κ2) is 7.72. The van der Waals surface area contributed by atoms with Gasteiger partial charge < -0.3 is 16.0 Å². The molecular weight excluding hydrogens is 377 g/mol. The Labute approximate surface area is 134 Å². The van der Waals surface area contributed by atoms with Gasteiger partial charge in [-0.3, -0.25) is 4.99 Å². The highest BCUT2D eigenvalue weighted by Gasteiger charge is 2.20. The highest BCUT2D eigenvalue weighted by atomic mass is 127. The van der Waals surface area contributed by atoms with Crippen molar-refractivity contribution in [3.8, 4) is 0 Å². The molecule has 4 nitrogen and oxygen atoms in total. The van der Waals surface area contributed by atoms with Gasteiger partial charge in [-0.05, 0) is 38.6 Å². The lowest BCUT2D eigenvalue weighted by molar-refractivity contribution is 0.317. The molecule has 1 aromatic rings. The number of hydrogen-bond acceptors (Lipinski definition) is 2. The molecule has 1 aliphatic heterocycles. The molecule has 0 saturated carbocycles. The monoisotopic (exact) mass is 396 g/mol. The van der Waals surface area contributed by atoms with Crippen molar-refractivity contribution in [2.75, 3.05) is 25.5 Å². The summed E-state index contributed by atoms with van der Waals surface area (Å²) in [7, 11) is 2.04. The van der Waals surface area contributed by atoms with Crippen molar-refractivity contribution in [2.45, 2.75) is 18.9 Å². The van der Waals surface area contributed by atoms with Crippen LogP contribution < -0.4 is 11.1 Å². The van der Waals surface area contributed by atoms with Crippen LogP contribution in [0.2, 0.25) is 0 Å². The first-order valence-electron chi connectivity index (χ1n) is 6.28. The molecule has 1 heterocycles. The molecule has 1 aliphatic rings. The molecule has 20 heavy (non-hydrogen) atoms. The third kappa shape index (κ3) is 4.55. The van der Waals surface area contributed by atoms with Gasteiger partial charge in [0.1, 0.15) is 11.6 Å². The third-order valence-electron chi connectivity index (χ3n) is 3.34. The number of nitrogens with zero attached hydrogens (tertiary/aromatic N) is 2. The number of anilines is 1. The maximum Gasteiger partial charge on any atom is 0.193 e. The molecule has 112 valence electrons. The van der Waals surface area contributed by atoms with E-state index in [0.29, 0.717) is 12.6 Å². The van der Waals surface area contributed by atoms with E-state index < -0.39 is 11.6 Å². The zero-order valence-corrected chi connectivity index (χ0v) is 13.6. The molecule has 1 unspecified atom stereocenters. The molecule has 7 heteroatoms. The number of benzene rings is 1. The van der Waals surface area contributed by atoms with E-state index in [4.69, 9.17) is 5.73 Å². The van der Waals surface area contributed by atoms with E-state index in [9.17, 15) is 8.78 Å². The van der Waals surface area contributed by atoms with Crippen LogP contribution in [-0.4, -0.2) is 37.0 Å². The largest absolute Gasteiger partial charge is 0.370 e. The number of nitrogens with one attached hydrogen (secondary N) is 1. The highest BCUT2D eigenvalue weighted by molar-refractivity contribution is 14.0. The van der Waals surface area contributed by atoms with E-state index in [2.05, 4.69) is 15.2 Å². The number of rotatable bonds is 3. The molecule has 3 N–H and O–H groups in total. The van der Waals surface area contributed by atoms with Crippen LogP contribution in [0.15, 0.2) is 23.2 Å². The third-order valence-corrected chi connectivity index (χ3v) is 3.34. The van der Waals surface area contributed by atoms with Gasteiger partial charge in [0.05, 0.1) is 12.2 Å². The zero-order valence-electron chi connectivity index (χ0n) is 11.3. The first-order valence-corrected chi connectivity index (χ1v) is 6.28. The van der Waals surface area contributed by atoms with Crippen LogP contribution in [0.25, 0.3) is 0 Å². The van der Waals surface area contributed by atoms with E-state index in [1.807, 2.05) is 7.05 Å². The van der Waals surface area contributed by atoms with Gasteiger partial charge in [0.25, 0.3) is 0 Å². The summed E-state index contributed by atoms with van der Waals surface area (Å²) < 4.78 is 26.4. The van der Waals surface area contributed by atoms with Crippen LogP contribution >= 0.6 is 24.0 Å². The van der Waals surface area contributed by atoms with Crippen molar-refractivity contribution in [3.63, 3.8) is 0 Å². The molecule has 0 aromatic heterocycles. The lowest BCUT2D eigenvalue weighted by atomic mass is 10.2. The van der Waals surface area contributed by atoms with Crippen molar-refractivity contribution in [1.29, 1.82) is 0 Å². The second-order valence-corrected chi connectivity index (χ2v) is 4.75. The number of guanidine groups is 1. The summed E-state index contributed by atoms with van der Waals surface area (Å²) in [6, 6.07) is 3.54. The summed E-state index contributed by atoms with van der Waals surface area (Å²) in [6.07, 6.45) is 2.24. The molecule has 1 atom stereocenters. The Kier molecular flexibility index (Phi) is 6.60. The molecule has 0 amide bonds. The minimum Gasteiger partial charge on any atom is -0.370 e. The van der Waals surface area contributed by atoms with Gasteiger partial charge in [-0.1, -0.05) is 0 Å². The summed E-state index contributed by atoms with van der Waals surface area (Å²) in [6.45, 7) is 1.62. The van der Waals surface area contributed by atoms with Gasteiger partial charge in [-0.15, -0.1) is 24.0 Å². The Balaban J connectivity index is 0.00000200. The van der Waals surface area contributed by atoms with Crippen LogP contribution in [0.1, 0.15) is 12.8 Å². The van der Waals surface area contributed by atoms with Crippen LogP contribution in [0.5, 0.6) is 0 Å². The quantitative estimate of drug-likeness (QED) is 0.469. The van der Waals surface area contributed by atoms with Crippen LogP contribution in [-0.2, 0) is 0 Å². The van der Waals surface area contributed by atoms with Gasteiger partial charge >= 0.3 is 0 Å². The zero-order chi connectivity index (χ0) is 13.8. The minimum atomic E-state index is -0.558. The van der Waals surface area contributed by atoms with E-state index in [1.165, 1.54) is 0 Å². The van der Waals surface area contributed by atoms with Crippen molar-refractivity contribution in [1.82, 2.24) is 4.90 Å². The van der Waals surface area contributed by atoms with Gasteiger partial charge in [-0.25, -0.2) is 8.78 Å². The molecule has 0 spiro atoms. The molecule has 2 rings (SSSR count). The van der Waals surface area contributed by atoms with Crippen molar-refractivity contribution in [2.24, 2.45) is 10.7 Å². The number of nitrogens with two attached hydrogens (primary N) is 1. The molecule has 1 aromatic carbocycles. The maximum atomic E-state index is 13.4. The van der Waals surface area contributed by atoms with Gasteiger partial charge in [-0.2, -0.15) is 0 Å². The lowest BCUT2D eigenvalue weighted by Gasteiger charge is -2.17. The number of hydrogen-bond donors (Lipinski definition) is 2. The molecular formula is C13H19F2IN4. The first-order chi connectivity index (χ1) is 9.06. The predicted octanol–water partition coefficient (Wildman–Crippen LogP) is 2.40. The molecule has 0 radical (unpaired) electrons. The summed E-state index contributed by atoms with van der Waals surface area (Å²) in [5.41, 5.74) is 5.68. The van der Waals surface area contributed by atoms with Gasteiger partial charge in [0.15, 0.2) is 5.96 Å². The fraction of sp³-hybridized carbons (Fsp3) is 0.462. The van der Waals surface area contributed by atoms with E-state index in [-0.39, 0.29) is 35.6 Å². The molecule has 1 fully saturated rings. The van der Waals surface area contributed by atoms with Gasteiger partial charge in [0.2, 0.25) is 0 Å². The summed E-state index contributed by atoms with van der Waals surface area (Å²) in [5, 5.41) is 2.58. The number of aliphatic imine (C=N–C) groups is 1. The average Bonchev–Trinajstić information content (AvgIpc) is 2.77. The fourth-order valence-corrected chi connectivity index (χ4v) is 2.18. The Morgan fingerprint density at radius 2 is 2.25 bits per heavy atom. The van der Waals surface area contributed by atoms with Crippen molar-refractivity contribution >= 4 is 35.6 Å². The number of likely N-dealkylation sites (tertiary alicyclic amines) is 1. The van der Waals surface area contributed by atoms with Crippen molar-refractivity contribution < 1.29 is 8.78 Å². The van der Waals surface area contributed by atoms with E-state index in [0.717, 1.165) is 37.6 Å². The summed E-state index contributed by atoms with van der Waals surface area (Å²) in [5.74, 6) is -0.977. The van der Waals surface area contributed by atoms with Crippen LogP contribution in [0.4, 0.5) is 14.5 Å². The minimum absolute atomic E-state index is 0. The predicted molar refractivity (Wildman–Crippen MR) is 87.5 cm³/mol. The topological polar surface area (TPSA) is 53.6 Å². The second-order valence-electron chi connectivity index (χ2n) is 4.75. The summed E-state index contributed by atoms with van der Waals surface area (Å²) in [4.78, 5) is 6.40. The number of halogens is 3. The normalized spacial score (nSPS) is 19.8. The molecule has 0 aliphatic carbocycles. The first kappa shape index (κ1) is 17.1. The average molecular weight is 396 g/mol. The van der Waals surface area contributed by atoms with Crippen molar-refractivity contribution in [3.05, 3.63) is 29.8 Å². The lowest BCUT2D eigenvalue weighted by Crippen LogP contribution is -2.30. The van der Waals surface area contributed by atoms with E-state index >= 15 is 0 Å². The Morgan fingerprint density at radius 1 is 1.50 bits per heavy atom. The molecule has 1 saturated heterocycles. The smallest absolute Gasteiger partial charge is 0.193 e. The Morgan fingerprint density at radius 3 is 2.90 bits per heavy atom. The molecule has 0 bridgehead atoms.